The maximum atomic E-state index is 12.9. The number of carbonyl (C=O) groups is 2. The molecule has 1 aromatic heterocycles. The van der Waals surface area contributed by atoms with Crippen molar-refractivity contribution in [3.8, 4) is 11.3 Å². The van der Waals surface area contributed by atoms with Crippen molar-refractivity contribution in [2.75, 3.05) is 6.61 Å². The monoisotopic (exact) mass is 441 g/mol. The minimum absolute atomic E-state index is 0.0908. The fraction of sp³-hybridized carbons (Fsp3) is 0.148. The zero-order valence-electron chi connectivity index (χ0n) is 18.4. The molecule has 0 radical (unpaired) electrons. The number of amides is 1. The number of rotatable bonds is 6. The van der Waals surface area contributed by atoms with Crippen molar-refractivity contribution in [1.29, 1.82) is 0 Å². The molecule has 6 nitrogen and oxygen atoms in total. The van der Waals surface area contributed by atoms with Crippen molar-refractivity contribution in [3.63, 3.8) is 0 Å². The predicted molar refractivity (Wildman–Crippen MR) is 126 cm³/mol. The SMILES string of the molecule is Cc1ccc(CNC(=O)COC(=O)c2cccc3c(=O)c(C)c(-c4ccccc4)oc23)cc1. The Balaban J connectivity index is 1.53. The summed E-state index contributed by atoms with van der Waals surface area (Å²) in [7, 11) is 0. The lowest BCUT2D eigenvalue weighted by atomic mass is 10.0. The van der Waals surface area contributed by atoms with Gasteiger partial charge in [0.25, 0.3) is 5.91 Å². The van der Waals surface area contributed by atoms with Gasteiger partial charge < -0.3 is 14.5 Å². The molecule has 6 heteroatoms. The molecule has 0 saturated heterocycles. The Morgan fingerprint density at radius 3 is 2.36 bits per heavy atom. The van der Waals surface area contributed by atoms with Crippen molar-refractivity contribution < 1.29 is 18.7 Å². The zero-order valence-corrected chi connectivity index (χ0v) is 18.4. The molecule has 0 aliphatic carbocycles. The van der Waals surface area contributed by atoms with E-state index in [0.29, 0.717) is 17.9 Å². The molecule has 0 aliphatic heterocycles. The molecule has 0 atom stereocenters. The number of benzene rings is 3. The van der Waals surface area contributed by atoms with Gasteiger partial charge in [0.2, 0.25) is 0 Å². The highest BCUT2D eigenvalue weighted by atomic mass is 16.5. The number of esters is 1. The van der Waals surface area contributed by atoms with Crippen LogP contribution in [0.25, 0.3) is 22.3 Å². The van der Waals surface area contributed by atoms with Crippen LogP contribution in [0.4, 0.5) is 0 Å². The van der Waals surface area contributed by atoms with Crippen LogP contribution in [0, 0.1) is 13.8 Å². The first-order valence-corrected chi connectivity index (χ1v) is 10.6. The van der Waals surface area contributed by atoms with Gasteiger partial charge in [-0.15, -0.1) is 0 Å². The van der Waals surface area contributed by atoms with Gasteiger partial charge in [-0.25, -0.2) is 4.79 Å². The lowest BCUT2D eigenvalue weighted by Gasteiger charge is -2.11. The van der Waals surface area contributed by atoms with Crippen LogP contribution in [0.5, 0.6) is 0 Å². The van der Waals surface area contributed by atoms with Gasteiger partial charge in [0.05, 0.1) is 5.39 Å². The maximum absolute atomic E-state index is 12.9. The average Bonchev–Trinajstić information content (AvgIpc) is 2.84. The molecule has 0 fully saturated rings. The number of nitrogens with one attached hydrogen (secondary N) is 1. The third-order valence-electron chi connectivity index (χ3n) is 5.35. The van der Waals surface area contributed by atoms with E-state index in [1.54, 1.807) is 19.1 Å². The highest BCUT2D eigenvalue weighted by Crippen LogP contribution is 2.27. The molecular weight excluding hydrogens is 418 g/mol. The Hall–Kier alpha value is -4.19. The van der Waals surface area contributed by atoms with Gasteiger partial charge in [0, 0.05) is 17.7 Å². The minimum atomic E-state index is -0.739. The third-order valence-corrected chi connectivity index (χ3v) is 5.35. The highest BCUT2D eigenvalue weighted by molar-refractivity contribution is 6.02. The maximum Gasteiger partial charge on any atom is 0.342 e. The van der Waals surface area contributed by atoms with Crippen LogP contribution in [0.2, 0.25) is 0 Å². The smallest absolute Gasteiger partial charge is 0.342 e. The van der Waals surface area contributed by atoms with Crippen LogP contribution in [0.3, 0.4) is 0 Å². The quantitative estimate of drug-likeness (QED) is 0.444. The number of carbonyl (C=O) groups excluding carboxylic acids is 2. The van der Waals surface area contributed by atoms with Crippen LogP contribution in [0.1, 0.15) is 27.0 Å². The van der Waals surface area contributed by atoms with Crippen LogP contribution in [-0.2, 0) is 16.1 Å². The van der Waals surface area contributed by atoms with Gasteiger partial charge in [-0.1, -0.05) is 66.2 Å². The van der Waals surface area contributed by atoms with Gasteiger partial charge in [-0.05, 0) is 31.5 Å². The van der Waals surface area contributed by atoms with Gasteiger partial charge in [-0.2, -0.15) is 0 Å². The van der Waals surface area contributed by atoms with Crippen LogP contribution in [0.15, 0.2) is 82.0 Å². The molecule has 0 aliphatic rings. The van der Waals surface area contributed by atoms with E-state index in [1.165, 1.54) is 6.07 Å². The Morgan fingerprint density at radius 2 is 1.64 bits per heavy atom. The first-order chi connectivity index (χ1) is 15.9. The molecule has 0 saturated carbocycles. The second-order valence-electron chi connectivity index (χ2n) is 7.77. The fourth-order valence-corrected chi connectivity index (χ4v) is 3.50. The second kappa shape index (κ2) is 9.53. The van der Waals surface area contributed by atoms with Crippen LogP contribution in [-0.4, -0.2) is 18.5 Å². The summed E-state index contributed by atoms with van der Waals surface area (Å²) in [4.78, 5) is 37.8. The van der Waals surface area contributed by atoms with Crippen LogP contribution < -0.4 is 10.7 Å². The molecule has 4 aromatic rings. The fourth-order valence-electron chi connectivity index (χ4n) is 3.50. The molecule has 166 valence electrons. The number of hydrogen-bond donors (Lipinski definition) is 1. The summed E-state index contributed by atoms with van der Waals surface area (Å²) in [6.45, 7) is 3.57. The van der Waals surface area contributed by atoms with E-state index >= 15 is 0 Å². The van der Waals surface area contributed by atoms with Crippen molar-refractivity contribution in [1.82, 2.24) is 5.32 Å². The summed E-state index contributed by atoms with van der Waals surface area (Å²) in [6, 6.07) is 21.7. The molecule has 0 spiro atoms. The van der Waals surface area contributed by atoms with E-state index in [1.807, 2.05) is 61.5 Å². The van der Waals surface area contributed by atoms with Crippen molar-refractivity contribution in [2.45, 2.75) is 20.4 Å². The molecule has 0 bridgehead atoms. The predicted octanol–water partition coefficient (Wildman–Crippen LogP) is 4.55. The van der Waals surface area contributed by atoms with Crippen LogP contribution >= 0.6 is 0 Å². The van der Waals surface area contributed by atoms with Gasteiger partial charge in [0.15, 0.2) is 17.6 Å². The van der Waals surface area contributed by atoms with Crippen molar-refractivity contribution >= 4 is 22.8 Å². The zero-order chi connectivity index (χ0) is 23.4. The molecule has 33 heavy (non-hydrogen) atoms. The molecule has 3 aromatic carbocycles. The standard InChI is InChI=1S/C27H23NO5/c1-17-11-13-19(14-12-17)15-28-23(29)16-32-27(31)22-10-6-9-21-24(30)18(2)25(33-26(21)22)20-7-4-3-5-8-20/h3-14H,15-16H2,1-2H3,(H,28,29). The van der Waals surface area contributed by atoms with E-state index < -0.39 is 18.5 Å². The number of hydrogen-bond acceptors (Lipinski definition) is 5. The van der Waals surface area contributed by atoms with Gasteiger partial charge in [0.1, 0.15) is 11.3 Å². The van der Waals surface area contributed by atoms with Crippen molar-refractivity contribution in [3.05, 3.63) is 105 Å². The number of aryl methyl sites for hydroxylation is 1. The van der Waals surface area contributed by atoms with E-state index in [0.717, 1.165) is 16.7 Å². The highest BCUT2D eigenvalue weighted by Gasteiger charge is 2.20. The largest absolute Gasteiger partial charge is 0.455 e. The summed E-state index contributed by atoms with van der Waals surface area (Å²) in [5.41, 5.74) is 3.26. The van der Waals surface area contributed by atoms with E-state index in [9.17, 15) is 14.4 Å². The van der Waals surface area contributed by atoms with E-state index in [2.05, 4.69) is 5.32 Å². The Morgan fingerprint density at radius 1 is 0.909 bits per heavy atom. The topological polar surface area (TPSA) is 85.6 Å². The molecule has 1 heterocycles. The van der Waals surface area contributed by atoms with E-state index in [4.69, 9.17) is 9.15 Å². The van der Waals surface area contributed by atoms with Crippen molar-refractivity contribution in [2.24, 2.45) is 0 Å². The Labute approximate surface area is 190 Å². The molecule has 1 N–H and O–H groups in total. The Kier molecular flexibility index (Phi) is 6.36. The second-order valence-corrected chi connectivity index (χ2v) is 7.77. The normalized spacial score (nSPS) is 10.7. The Bertz CT molecular complexity index is 1370. The number of fused-ring (bicyclic) bond motifs is 1. The molecule has 0 unspecified atom stereocenters. The molecule has 4 rings (SSSR count). The lowest BCUT2D eigenvalue weighted by molar-refractivity contribution is -0.124. The average molecular weight is 441 g/mol. The summed E-state index contributed by atoms with van der Waals surface area (Å²) in [5.74, 6) is -0.771. The first-order valence-electron chi connectivity index (χ1n) is 10.6. The minimum Gasteiger partial charge on any atom is -0.455 e. The van der Waals surface area contributed by atoms with E-state index in [-0.39, 0.29) is 22.0 Å². The van der Waals surface area contributed by atoms with Gasteiger partial charge >= 0.3 is 5.97 Å². The number of ether oxygens (including phenoxy) is 1. The molecule has 1 amide bonds. The van der Waals surface area contributed by atoms with Gasteiger partial charge in [-0.3, -0.25) is 9.59 Å². The molecular formula is C27H23NO5. The summed E-state index contributed by atoms with van der Waals surface area (Å²) >= 11 is 0. The first kappa shape index (κ1) is 22.0. The third kappa shape index (κ3) is 4.85. The number of para-hydroxylation sites is 1. The lowest BCUT2D eigenvalue weighted by Crippen LogP contribution is -2.28. The summed E-state index contributed by atoms with van der Waals surface area (Å²) < 4.78 is 11.2. The summed E-state index contributed by atoms with van der Waals surface area (Å²) in [5, 5.41) is 3.00. The summed E-state index contributed by atoms with van der Waals surface area (Å²) in [6.07, 6.45) is 0.